The highest BCUT2D eigenvalue weighted by atomic mass is 32.1. The fourth-order valence-electron chi connectivity index (χ4n) is 4.39. The Morgan fingerprint density at radius 3 is 2.00 bits per heavy atom. The summed E-state index contributed by atoms with van der Waals surface area (Å²) in [6.07, 6.45) is 1.90. The number of nitro groups is 1. The lowest BCUT2D eigenvalue weighted by Gasteiger charge is -2.07. The van der Waals surface area contributed by atoms with Crippen LogP contribution < -0.4 is 0 Å². The Kier molecular flexibility index (Phi) is 5.56. The summed E-state index contributed by atoms with van der Waals surface area (Å²) >= 11 is 1.47. The molecule has 6 aromatic rings. The van der Waals surface area contributed by atoms with Crippen LogP contribution in [0.25, 0.3) is 43.2 Å². The Hall–Kier alpha value is -4.68. The monoisotopic (exact) mass is 485 g/mol. The lowest BCUT2D eigenvalue weighted by atomic mass is 9.97. The first-order valence-corrected chi connectivity index (χ1v) is 12.2. The van der Waals surface area contributed by atoms with Crippen LogP contribution in [0.4, 0.5) is 10.8 Å². The standard InChI is InChI=1S/C30H19N3O2S/c34-33(35)24-16-14-21(15-17-24)29-28(20-8-2-1-3-9-20)32-30(36-29)31-19-27-25-12-6-4-10-22(25)18-23-11-5-7-13-26(23)27/h1-19H/b31-19+. The Bertz CT molecular complexity index is 1700. The average Bonchev–Trinajstić information content (AvgIpc) is 3.36. The van der Waals surface area contributed by atoms with Gasteiger partial charge in [-0.2, -0.15) is 0 Å². The zero-order valence-electron chi connectivity index (χ0n) is 19.0. The second-order valence-corrected chi connectivity index (χ2v) is 9.31. The first-order chi connectivity index (χ1) is 17.7. The number of non-ortho nitro benzene ring substituents is 1. The van der Waals surface area contributed by atoms with Gasteiger partial charge in [-0.3, -0.25) is 10.1 Å². The van der Waals surface area contributed by atoms with Crippen molar-refractivity contribution in [1.29, 1.82) is 0 Å². The Morgan fingerprint density at radius 1 is 0.750 bits per heavy atom. The molecule has 0 amide bonds. The van der Waals surface area contributed by atoms with Gasteiger partial charge in [0, 0.05) is 29.5 Å². The van der Waals surface area contributed by atoms with Crippen molar-refractivity contribution in [3.05, 3.63) is 125 Å². The van der Waals surface area contributed by atoms with Crippen molar-refractivity contribution in [2.45, 2.75) is 0 Å². The second-order valence-electron chi connectivity index (χ2n) is 8.33. The van der Waals surface area contributed by atoms with Crippen molar-refractivity contribution in [2.24, 2.45) is 4.99 Å². The van der Waals surface area contributed by atoms with Crippen LogP contribution >= 0.6 is 11.3 Å². The van der Waals surface area contributed by atoms with Crippen molar-refractivity contribution >= 4 is 49.9 Å². The molecular formula is C30H19N3O2S. The number of rotatable bonds is 5. The largest absolute Gasteiger partial charge is 0.269 e. The van der Waals surface area contributed by atoms with Gasteiger partial charge >= 0.3 is 0 Å². The summed E-state index contributed by atoms with van der Waals surface area (Å²) in [6.45, 7) is 0. The van der Waals surface area contributed by atoms with Gasteiger partial charge in [-0.05, 0) is 45.3 Å². The van der Waals surface area contributed by atoms with E-state index >= 15 is 0 Å². The maximum absolute atomic E-state index is 11.1. The number of hydrogen-bond acceptors (Lipinski definition) is 5. The highest BCUT2D eigenvalue weighted by molar-refractivity contribution is 7.19. The van der Waals surface area contributed by atoms with Crippen molar-refractivity contribution < 1.29 is 4.92 Å². The lowest BCUT2D eigenvalue weighted by molar-refractivity contribution is -0.384. The van der Waals surface area contributed by atoms with Crippen LogP contribution in [0.2, 0.25) is 0 Å². The van der Waals surface area contributed by atoms with Gasteiger partial charge in [0.2, 0.25) is 5.13 Å². The quantitative estimate of drug-likeness (QED) is 0.106. The molecule has 0 saturated carbocycles. The number of fused-ring (bicyclic) bond motifs is 2. The molecule has 6 rings (SSSR count). The van der Waals surface area contributed by atoms with Crippen molar-refractivity contribution in [1.82, 2.24) is 4.98 Å². The normalized spacial score (nSPS) is 11.4. The van der Waals surface area contributed by atoms with E-state index in [2.05, 4.69) is 30.3 Å². The number of hydrogen-bond donors (Lipinski definition) is 0. The third kappa shape index (κ3) is 4.04. The summed E-state index contributed by atoms with van der Waals surface area (Å²) in [5, 5.41) is 16.3. The van der Waals surface area contributed by atoms with Crippen LogP contribution in [-0.4, -0.2) is 16.1 Å². The molecule has 0 unspecified atom stereocenters. The molecule has 0 spiro atoms. The third-order valence-electron chi connectivity index (χ3n) is 6.12. The first kappa shape index (κ1) is 21.8. The van der Waals surface area contributed by atoms with E-state index in [0.29, 0.717) is 5.13 Å². The average molecular weight is 486 g/mol. The van der Waals surface area contributed by atoms with Gasteiger partial charge in [-0.1, -0.05) is 90.2 Å². The van der Waals surface area contributed by atoms with Crippen molar-refractivity contribution in [2.75, 3.05) is 0 Å². The SMILES string of the molecule is O=[N+]([O-])c1ccc(-c2sc(/N=C/c3c4ccccc4cc4ccccc34)nc2-c2ccccc2)cc1. The predicted molar refractivity (Wildman–Crippen MR) is 148 cm³/mol. The minimum Gasteiger partial charge on any atom is -0.258 e. The van der Waals surface area contributed by atoms with Gasteiger partial charge in [0.1, 0.15) is 0 Å². The maximum atomic E-state index is 11.1. The summed E-state index contributed by atoms with van der Waals surface area (Å²) in [7, 11) is 0. The van der Waals surface area contributed by atoms with E-state index < -0.39 is 4.92 Å². The van der Waals surface area contributed by atoms with Crippen LogP contribution in [0.5, 0.6) is 0 Å². The molecule has 0 radical (unpaired) electrons. The van der Waals surface area contributed by atoms with Crippen LogP contribution in [-0.2, 0) is 0 Å². The summed E-state index contributed by atoms with van der Waals surface area (Å²) in [5.74, 6) is 0. The van der Waals surface area contributed by atoms with Gasteiger partial charge in [0.25, 0.3) is 5.69 Å². The molecule has 6 heteroatoms. The minimum absolute atomic E-state index is 0.0607. The molecule has 0 aliphatic heterocycles. The van der Waals surface area contributed by atoms with Crippen LogP contribution in [0.1, 0.15) is 5.56 Å². The molecule has 5 nitrogen and oxygen atoms in total. The van der Waals surface area contributed by atoms with E-state index in [-0.39, 0.29) is 5.69 Å². The van der Waals surface area contributed by atoms with E-state index in [1.807, 2.05) is 60.8 Å². The fraction of sp³-hybridized carbons (Fsp3) is 0. The Balaban J connectivity index is 1.49. The molecule has 5 aromatic carbocycles. The Morgan fingerprint density at radius 2 is 1.36 bits per heavy atom. The number of aliphatic imine (C=N–C) groups is 1. The van der Waals surface area contributed by atoms with Gasteiger partial charge in [-0.15, -0.1) is 0 Å². The van der Waals surface area contributed by atoms with E-state index in [4.69, 9.17) is 9.98 Å². The summed E-state index contributed by atoms with van der Waals surface area (Å²) in [5.41, 5.74) is 3.76. The first-order valence-electron chi connectivity index (χ1n) is 11.4. The van der Waals surface area contributed by atoms with E-state index in [9.17, 15) is 10.1 Å². The number of nitro benzene ring substituents is 1. The topological polar surface area (TPSA) is 68.4 Å². The van der Waals surface area contributed by atoms with Crippen molar-refractivity contribution in [3.8, 4) is 21.7 Å². The highest BCUT2D eigenvalue weighted by Crippen LogP contribution is 2.40. The predicted octanol–water partition coefficient (Wildman–Crippen LogP) is 8.44. The molecular weight excluding hydrogens is 466 g/mol. The molecule has 36 heavy (non-hydrogen) atoms. The molecule has 1 aromatic heterocycles. The fourth-order valence-corrected chi connectivity index (χ4v) is 5.33. The molecule has 0 N–H and O–H groups in total. The van der Waals surface area contributed by atoms with E-state index in [1.165, 1.54) is 23.5 Å². The molecule has 0 fully saturated rings. The molecule has 0 aliphatic rings. The number of benzene rings is 5. The Labute approximate surface area is 211 Å². The molecule has 0 saturated heterocycles. The minimum atomic E-state index is -0.390. The van der Waals surface area contributed by atoms with Gasteiger partial charge in [-0.25, -0.2) is 9.98 Å². The van der Waals surface area contributed by atoms with Crippen LogP contribution in [0, 0.1) is 10.1 Å². The number of aromatic nitrogens is 1. The summed E-state index contributed by atoms with van der Waals surface area (Å²) in [6, 6.07) is 35.3. The number of nitrogens with zero attached hydrogens (tertiary/aromatic N) is 3. The summed E-state index contributed by atoms with van der Waals surface area (Å²) < 4.78 is 0. The van der Waals surface area contributed by atoms with Gasteiger partial charge in [0.05, 0.1) is 15.5 Å². The molecule has 0 atom stereocenters. The summed E-state index contributed by atoms with van der Waals surface area (Å²) in [4.78, 5) is 21.4. The highest BCUT2D eigenvalue weighted by Gasteiger charge is 2.16. The van der Waals surface area contributed by atoms with Crippen LogP contribution in [0.15, 0.2) is 114 Å². The van der Waals surface area contributed by atoms with Crippen molar-refractivity contribution in [3.63, 3.8) is 0 Å². The maximum Gasteiger partial charge on any atom is 0.269 e. The third-order valence-corrected chi connectivity index (χ3v) is 7.13. The lowest BCUT2D eigenvalue weighted by Crippen LogP contribution is -1.88. The number of thiazole rings is 1. The molecule has 0 aliphatic carbocycles. The molecule has 172 valence electrons. The van der Waals surface area contributed by atoms with Crippen LogP contribution in [0.3, 0.4) is 0 Å². The van der Waals surface area contributed by atoms with E-state index in [1.54, 1.807) is 12.1 Å². The second kappa shape index (κ2) is 9.17. The van der Waals surface area contributed by atoms with Gasteiger partial charge < -0.3 is 0 Å². The smallest absolute Gasteiger partial charge is 0.258 e. The van der Waals surface area contributed by atoms with Gasteiger partial charge in [0.15, 0.2) is 0 Å². The molecule has 0 bridgehead atoms. The zero-order chi connectivity index (χ0) is 24.5. The zero-order valence-corrected chi connectivity index (χ0v) is 19.9. The molecule has 1 heterocycles. The van der Waals surface area contributed by atoms with E-state index in [0.717, 1.165) is 48.8 Å².